The first kappa shape index (κ1) is 12.6. The van der Waals surface area contributed by atoms with Gasteiger partial charge in [-0.25, -0.2) is 0 Å². The SMILES string of the molecule is CCNC(Cc1cn(C)nn1)C1CCCCC1. The Balaban J connectivity index is 1.95. The van der Waals surface area contributed by atoms with Crippen molar-refractivity contribution in [2.24, 2.45) is 13.0 Å². The summed E-state index contributed by atoms with van der Waals surface area (Å²) in [6.45, 7) is 3.23. The normalized spacial score (nSPS) is 19.4. The molecular weight excluding hydrogens is 212 g/mol. The summed E-state index contributed by atoms with van der Waals surface area (Å²) in [5, 5.41) is 11.9. The van der Waals surface area contributed by atoms with E-state index in [1.54, 1.807) is 4.68 Å². The molecule has 1 fully saturated rings. The van der Waals surface area contributed by atoms with E-state index in [0.29, 0.717) is 6.04 Å². The smallest absolute Gasteiger partial charge is 0.0842 e. The van der Waals surface area contributed by atoms with Crippen molar-refractivity contribution in [1.29, 1.82) is 0 Å². The van der Waals surface area contributed by atoms with Gasteiger partial charge in [0.15, 0.2) is 0 Å². The molecule has 1 aromatic heterocycles. The first-order chi connectivity index (χ1) is 8.29. The first-order valence-corrected chi connectivity index (χ1v) is 6.88. The number of aromatic nitrogens is 3. The summed E-state index contributed by atoms with van der Waals surface area (Å²) in [6.07, 6.45) is 10.0. The highest BCUT2D eigenvalue weighted by molar-refractivity contribution is 4.97. The van der Waals surface area contributed by atoms with Gasteiger partial charge in [0.1, 0.15) is 0 Å². The Morgan fingerprint density at radius 3 is 2.76 bits per heavy atom. The quantitative estimate of drug-likeness (QED) is 0.849. The van der Waals surface area contributed by atoms with Crippen LogP contribution >= 0.6 is 0 Å². The van der Waals surface area contributed by atoms with Crippen molar-refractivity contribution in [2.75, 3.05) is 6.54 Å². The second-order valence-electron chi connectivity index (χ2n) is 5.15. The van der Waals surface area contributed by atoms with Crippen LogP contribution in [0.3, 0.4) is 0 Å². The van der Waals surface area contributed by atoms with Crippen molar-refractivity contribution >= 4 is 0 Å². The highest BCUT2D eigenvalue weighted by atomic mass is 15.4. The first-order valence-electron chi connectivity index (χ1n) is 6.88. The highest BCUT2D eigenvalue weighted by Gasteiger charge is 2.23. The summed E-state index contributed by atoms with van der Waals surface area (Å²) in [4.78, 5) is 0. The molecule has 1 saturated carbocycles. The molecule has 0 aliphatic heterocycles. The van der Waals surface area contributed by atoms with Crippen LogP contribution in [0.1, 0.15) is 44.7 Å². The molecule has 1 aliphatic rings. The van der Waals surface area contributed by atoms with Crippen LogP contribution in [0.25, 0.3) is 0 Å². The van der Waals surface area contributed by atoms with Crippen LogP contribution in [0.4, 0.5) is 0 Å². The van der Waals surface area contributed by atoms with E-state index >= 15 is 0 Å². The van der Waals surface area contributed by atoms with Gasteiger partial charge in [0, 0.05) is 25.7 Å². The Kier molecular flexibility index (Phi) is 4.54. The van der Waals surface area contributed by atoms with Gasteiger partial charge in [0.2, 0.25) is 0 Å². The Hall–Kier alpha value is -0.900. The molecule has 0 bridgehead atoms. The number of rotatable bonds is 5. The monoisotopic (exact) mass is 236 g/mol. The number of likely N-dealkylation sites (N-methyl/N-ethyl adjacent to an activating group) is 1. The fraction of sp³-hybridized carbons (Fsp3) is 0.846. The Morgan fingerprint density at radius 1 is 1.41 bits per heavy atom. The van der Waals surface area contributed by atoms with Gasteiger partial charge < -0.3 is 5.32 Å². The van der Waals surface area contributed by atoms with E-state index in [1.165, 1.54) is 32.1 Å². The zero-order chi connectivity index (χ0) is 12.1. The predicted octanol–water partition coefficient (Wildman–Crippen LogP) is 1.92. The van der Waals surface area contributed by atoms with Crippen LogP contribution in [0.2, 0.25) is 0 Å². The average Bonchev–Trinajstić information content (AvgIpc) is 2.75. The van der Waals surface area contributed by atoms with Crippen LogP contribution < -0.4 is 5.32 Å². The minimum absolute atomic E-state index is 0.581. The molecule has 2 rings (SSSR count). The van der Waals surface area contributed by atoms with Crippen LogP contribution in [-0.2, 0) is 13.5 Å². The number of nitrogens with zero attached hydrogens (tertiary/aromatic N) is 3. The van der Waals surface area contributed by atoms with Crippen molar-refractivity contribution < 1.29 is 0 Å². The van der Waals surface area contributed by atoms with Gasteiger partial charge in [-0.2, -0.15) is 0 Å². The molecule has 1 atom stereocenters. The minimum atomic E-state index is 0.581. The van der Waals surface area contributed by atoms with E-state index < -0.39 is 0 Å². The molecular formula is C13H24N4. The molecule has 4 nitrogen and oxygen atoms in total. The molecule has 1 N–H and O–H groups in total. The Bertz CT molecular complexity index is 328. The standard InChI is InChI=1S/C13H24N4/c1-3-14-13(11-7-5-4-6-8-11)9-12-10-17(2)16-15-12/h10-11,13-14H,3-9H2,1-2H3. The van der Waals surface area contributed by atoms with Crippen LogP contribution in [0.15, 0.2) is 6.20 Å². The molecule has 0 radical (unpaired) electrons. The third-order valence-electron chi connectivity index (χ3n) is 3.76. The van der Waals surface area contributed by atoms with Crippen molar-refractivity contribution in [3.05, 3.63) is 11.9 Å². The lowest BCUT2D eigenvalue weighted by molar-refractivity contribution is 0.268. The highest BCUT2D eigenvalue weighted by Crippen LogP contribution is 2.27. The van der Waals surface area contributed by atoms with E-state index in [1.807, 2.05) is 13.2 Å². The molecule has 0 amide bonds. The van der Waals surface area contributed by atoms with Gasteiger partial charge in [0.25, 0.3) is 0 Å². The average molecular weight is 236 g/mol. The summed E-state index contributed by atoms with van der Waals surface area (Å²) in [5.41, 5.74) is 1.11. The van der Waals surface area contributed by atoms with Crippen LogP contribution in [-0.4, -0.2) is 27.6 Å². The van der Waals surface area contributed by atoms with Gasteiger partial charge >= 0.3 is 0 Å². The Morgan fingerprint density at radius 2 is 2.18 bits per heavy atom. The summed E-state index contributed by atoms with van der Waals surface area (Å²) < 4.78 is 1.79. The second-order valence-corrected chi connectivity index (χ2v) is 5.15. The maximum Gasteiger partial charge on any atom is 0.0842 e. The van der Waals surface area contributed by atoms with E-state index in [4.69, 9.17) is 0 Å². The topological polar surface area (TPSA) is 42.7 Å². The fourth-order valence-electron chi connectivity index (χ4n) is 2.92. The Labute approximate surface area is 104 Å². The molecule has 1 heterocycles. The maximum atomic E-state index is 4.21. The molecule has 0 saturated heterocycles. The van der Waals surface area contributed by atoms with Crippen molar-refractivity contribution in [2.45, 2.75) is 51.5 Å². The lowest BCUT2D eigenvalue weighted by Crippen LogP contribution is -2.39. The van der Waals surface area contributed by atoms with Gasteiger partial charge in [-0.05, 0) is 25.3 Å². The second kappa shape index (κ2) is 6.15. The van der Waals surface area contributed by atoms with Gasteiger partial charge in [-0.1, -0.05) is 31.4 Å². The van der Waals surface area contributed by atoms with E-state index in [9.17, 15) is 0 Å². The number of nitrogens with one attached hydrogen (secondary N) is 1. The molecule has 0 aromatic carbocycles. The van der Waals surface area contributed by atoms with Crippen molar-refractivity contribution in [3.8, 4) is 0 Å². The van der Waals surface area contributed by atoms with Crippen LogP contribution in [0.5, 0.6) is 0 Å². The third-order valence-corrected chi connectivity index (χ3v) is 3.76. The number of hydrogen-bond donors (Lipinski definition) is 1. The maximum absolute atomic E-state index is 4.21. The fourth-order valence-corrected chi connectivity index (χ4v) is 2.92. The zero-order valence-electron chi connectivity index (χ0n) is 11.0. The van der Waals surface area contributed by atoms with E-state index in [0.717, 1.165) is 24.6 Å². The minimum Gasteiger partial charge on any atom is -0.314 e. The summed E-state index contributed by atoms with van der Waals surface area (Å²) in [6, 6.07) is 0.581. The predicted molar refractivity (Wildman–Crippen MR) is 68.7 cm³/mol. The van der Waals surface area contributed by atoms with E-state index in [2.05, 4.69) is 22.6 Å². The van der Waals surface area contributed by atoms with Gasteiger partial charge in [-0.3, -0.25) is 4.68 Å². The van der Waals surface area contributed by atoms with Crippen molar-refractivity contribution in [1.82, 2.24) is 20.3 Å². The molecule has 1 aromatic rings. The molecule has 96 valence electrons. The summed E-state index contributed by atoms with van der Waals surface area (Å²) >= 11 is 0. The number of aryl methyl sites for hydroxylation is 1. The number of hydrogen-bond acceptors (Lipinski definition) is 3. The molecule has 1 aliphatic carbocycles. The molecule has 1 unspecified atom stereocenters. The van der Waals surface area contributed by atoms with Gasteiger partial charge in [-0.15, -0.1) is 5.10 Å². The van der Waals surface area contributed by atoms with E-state index in [-0.39, 0.29) is 0 Å². The van der Waals surface area contributed by atoms with Crippen LogP contribution in [0, 0.1) is 5.92 Å². The summed E-state index contributed by atoms with van der Waals surface area (Å²) in [5.74, 6) is 0.825. The largest absolute Gasteiger partial charge is 0.314 e. The lowest BCUT2D eigenvalue weighted by atomic mass is 9.82. The molecule has 4 heteroatoms. The molecule has 0 spiro atoms. The molecule has 17 heavy (non-hydrogen) atoms. The van der Waals surface area contributed by atoms with Gasteiger partial charge in [0.05, 0.1) is 5.69 Å². The zero-order valence-corrected chi connectivity index (χ0v) is 11.0. The lowest BCUT2D eigenvalue weighted by Gasteiger charge is -2.30. The van der Waals surface area contributed by atoms with Crippen molar-refractivity contribution in [3.63, 3.8) is 0 Å². The summed E-state index contributed by atoms with van der Waals surface area (Å²) in [7, 11) is 1.93. The third kappa shape index (κ3) is 3.53.